The third-order valence-corrected chi connectivity index (χ3v) is 0.687. The van der Waals surface area contributed by atoms with Gasteiger partial charge in [0.15, 0.2) is 0 Å². The quantitative estimate of drug-likeness (QED) is 0.352. The number of nitrogens with zero attached hydrogens (tertiary/aromatic N) is 5. The van der Waals surface area contributed by atoms with Gasteiger partial charge in [-0.15, -0.1) is 0 Å². The van der Waals surface area contributed by atoms with Gasteiger partial charge in [-0.3, -0.25) is 0 Å². The van der Waals surface area contributed by atoms with Crippen LogP contribution in [0.25, 0.3) is 0 Å². The molecule has 0 aromatic carbocycles. The molecule has 0 aliphatic heterocycles. The maximum atomic E-state index is 8.25. The zero-order chi connectivity index (χ0) is 14.0. The van der Waals surface area contributed by atoms with Crippen LogP contribution in [0, 0.1) is 30.6 Å². The van der Waals surface area contributed by atoms with E-state index < -0.39 is 10.2 Å². The molecule has 18 heavy (non-hydrogen) atoms. The van der Waals surface area contributed by atoms with Crippen LogP contribution < -0.4 is 17.2 Å². The largest absolute Gasteiger partial charge is 2.00 e. The van der Waals surface area contributed by atoms with Crippen molar-refractivity contribution < 1.29 is 27.0 Å². The molecule has 0 saturated carbocycles. The van der Waals surface area contributed by atoms with Crippen molar-refractivity contribution in [2.45, 2.75) is 0 Å². The molecule has 103 valence electrons. The van der Waals surface area contributed by atoms with Crippen molar-refractivity contribution in [1.29, 1.82) is 0 Å². The average Bonchev–Trinajstić information content (AvgIpc) is 1.96. The minimum Gasteiger partial charge on any atom is -0.368 e. The molecule has 14 nitrogen and oxygen atoms in total. The molecule has 0 spiro atoms. The van der Waals surface area contributed by atoms with Crippen LogP contribution in [-0.2, 0) is 16.8 Å². The van der Waals surface area contributed by atoms with Crippen molar-refractivity contribution in [2.75, 3.05) is 17.2 Å². The Hall–Kier alpha value is -2.68. The SMILES string of the molecule is Nc1nc(N)nc(N)n1.O=[N+]([O-])[O-].O=[N+]([O-])[O-].[Co+2]. The van der Waals surface area contributed by atoms with Gasteiger partial charge in [0.05, 0.1) is 10.2 Å². The fourth-order valence-electron chi connectivity index (χ4n) is 0.427. The van der Waals surface area contributed by atoms with Crippen LogP contribution in [0.15, 0.2) is 0 Å². The Morgan fingerprint density at radius 1 is 0.722 bits per heavy atom. The first-order valence-corrected chi connectivity index (χ1v) is 3.30. The summed E-state index contributed by atoms with van der Waals surface area (Å²) in [6, 6.07) is 0. The standard InChI is InChI=1S/C3H6N6.Co.2NO3/c4-1-7-2(5)9-3(6)8-1;;2*2-1(3)4/h(H6,4,5,6,7,8,9);;;/q;+2;2*-1. The molecule has 1 aromatic heterocycles. The van der Waals surface area contributed by atoms with E-state index in [1.807, 2.05) is 0 Å². The van der Waals surface area contributed by atoms with Crippen LogP contribution in [-0.4, -0.2) is 25.1 Å². The van der Waals surface area contributed by atoms with E-state index in [2.05, 4.69) is 15.0 Å². The zero-order valence-electron chi connectivity index (χ0n) is 8.25. The molecule has 0 aliphatic carbocycles. The molecule has 0 atom stereocenters. The van der Waals surface area contributed by atoms with Gasteiger partial charge in [-0.05, 0) is 0 Å². The predicted molar refractivity (Wildman–Crippen MR) is 53.8 cm³/mol. The maximum absolute atomic E-state index is 8.25. The summed E-state index contributed by atoms with van der Waals surface area (Å²) in [5, 5.41) is 29.5. The summed E-state index contributed by atoms with van der Waals surface area (Å²) in [5.41, 5.74) is 15.4. The van der Waals surface area contributed by atoms with Gasteiger partial charge in [0.25, 0.3) is 0 Å². The Balaban J connectivity index is -0.000000214. The van der Waals surface area contributed by atoms with Crippen LogP contribution in [0.2, 0.25) is 0 Å². The van der Waals surface area contributed by atoms with Crippen molar-refractivity contribution >= 4 is 17.8 Å². The van der Waals surface area contributed by atoms with E-state index in [0.717, 1.165) is 0 Å². The fraction of sp³-hybridized carbons (Fsp3) is 0. The first kappa shape index (κ1) is 20.7. The molecule has 0 amide bonds. The molecular weight excluding hydrogens is 303 g/mol. The van der Waals surface area contributed by atoms with Gasteiger partial charge in [0.2, 0.25) is 17.8 Å². The molecule has 1 aromatic rings. The molecule has 15 heteroatoms. The van der Waals surface area contributed by atoms with Crippen LogP contribution in [0.3, 0.4) is 0 Å². The van der Waals surface area contributed by atoms with Gasteiger partial charge in [-0.1, -0.05) is 0 Å². The van der Waals surface area contributed by atoms with Crippen molar-refractivity contribution in [2.24, 2.45) is 0 Å². The summed E-state index contributed by atoms with van der Waals surface area (Å²) < 4.78 is 0. The number of nitrogens with two attached hydrogens (primary N) is 3. The molecular formula is C3H6CoN8O6. The van der Waals surface area contributed by atoms with Crippen molar-refractivity contribution in [3.8, 4) is 0 Å². The third kappa shape index (κ3) is 23.3. The smallest absolute Gasteiger partial charge is 0.368 e. The fourth-order valence-corrected chi connectivity index (χ4v) is 0.427. The van der Waals surface area contributed by atoms with Gasteiger partial charge in [-0.2, -0.15) is 15.0 Å². The number of hydrogen-bond donors (Lipinski definition) is 3. The molecule has 6 N–H and O–H groups in total. The Labute approximate surface area is 108 Å². The molecule has 1 rings (SSSR count). The molecule has 0 saturated heterocycles. The number of anilines is 3. The second-order valence-corrected chi connectivity index (χ2v) is 1.86. The molecule has 1 radical (unpaired) electrons. The Morgan fingerprint density at radius 3 is 0.944 bits per heavy atom. The van der Waals surface area contributed by atoms with Gasteiger partial charge < -0.3 is 47.8 Å². The zero-order valence-corrected chi connectivity index (χ0v) is 9.29. The van der Waals surface area contributed by atoms with E-state index in [0.29, 0.717) is 0 Å². The van der Waals surface area contributed by atoms with Crippen molar-refractivity contribution in [3.63, 3.8) is 0 Å². The molecule has 0 bridgehead atoms. The summed E-state index contributed by atoms with van der Waals surface area (Å²) in [7, 11) is 0. The van der Waals surface area contributed by atoms with E-state index in [-0.39, 0.29) is 34.6 Å². The topological polar surface area (TPSA) is 249 Å². The number of rotatable bonds is 0. The Bertz CT molecular complexity index is 317. The number of aromatic nitrogens is 3. The van der Waals surface area contributed by atoms with E-state index in [1.54, 1.807) is 0 Å². The summed E-state index contributed by atoms with van der Waals surface area (Å²) in [6.45, 7) is 0. The number of hydrogen-bond acceptors (Lipinski definition) is 12. The average molecular weight is 309 g/mol. The predicted octanol–water partition coefficient (Wildman–Crippen LogP) is -1.86. The van der Waals surface area contributed by atoms with Crippen LogP contribution >= 0.6 is 0 Å². The van der Waals surface area contributed by atoms with Crippen molar-refractivity contribution in [3.05, 3.63) is 30.6 Å². The van der Waals surface area contributed by atoms with E-state index in [4.69, 9.17) is 47.8 Å². The van der Waals surface area contributed by atoms with Gasteiger partial charge >= 0.3 is 16.8 Å². The van der Waals surface area contributed by atoms with Gasteiger partial charge in [0.1, 0.15) is 0 Å². The summed E-state index contributed by atoms with van der Waals surface area (Å²) in [4.78, 5) is 27.0. The molecule has 0 aliphatic rings. The van der Waals surface area contributed by atoms with E-state index >= 15 is 0 Å². The Kier molecular flexibility index (Phi) is 12.4. The van der Waals surface area contributed by atoms with E-state index in [9.17, 15) is 0 Å². The van der Waals surface area contributed by atoms with Crippen molar-refractivity contribution in [1.82, 2.24) is 15.0 Å². The van der Waals surface area contributed by atoms with Gasteiger partial charge in [-0.25, -0.2) is 0 Å². The first-order chi connectivity index (χ1) is 7.65. The first-order valence-electron chi connectivity index (χ1n) is 3.30. The summed E-state index contributed by atoms with van der Waals surface area (Å²) in [5.74, 6) is 0.125. The van der Waals surface area contributed by atoms with Crippen LogP contribution in [0.5, 0.6) is 0 Å². The number of nitrogen functional groups attached to an aromatic ring is 3. The summed E-state index contributed by atoms with van der Waals surface area (Å²) >= 11 is 0. The molecule has 1 heterocycles. The second-order valence-electron chi connectivity index (χ2n) is 1.86. The van der Waals surface area contributed by atoms with E-state index in [1.165, 1.54) is 0 Å². The minimum atomic E-state index is -1.75. The van der Waals surface area contributed by atoms with Crippen LogP contribution in [0.4, 0.5) is 17.8 Å². The maximum Gasteiger partial charge on any atom is 2.00 e. The molecule has 0 unspecified atom stereocenters. The minimum absolute atomic E-state index is 0. The third-order valence-electron chi connectivity index (χ3n) is 0.687. The van der Waals surface area contributed by atoms with Gasteiger partial charge in [0, 0.05) is 0 Å². The second kappa shape index (κ2) is 10.8. The Morgan fingerprint density at radius 2 is 0.833 bits per heavy atom. The van der Waals surface area contributed by atoms with Crippen LogP contribution in [0.1, 0.15) is 0 Å². The molecule has 0 fully saturated rings. The normalized spacial score (nSPS) is 7.33. The monoisotopic (exact) mass is 309 g/mol. The summed E-state index contributed by atoms with van der Waals surface area (Å²) in [6.07, 6.45) is 0.